The molecule has 6 heteroatoms. The molecule has 0 unspecified atom stereocenters. The molecule has 2 amide bonds. The van der Waals surface area contributed by atoms with E-state index in [9.17, 15) is 9.59 Å². The Bertz CT molecular complexity index is 1020. The Kier molecular flexibility index (Phi) is 3.40. The summed E-state index contributed by atoms with van der Waals surface area (Å²) in [6.45, 7) is 0.459. The predicted octanol–water partition coefficient (Wildman–Crippen LogP) is 3.15. The largest absolute Gasteiger partial charge is 0.438 e. The van der Waals surface area contributed by atoms with Crippen molar-refractivity contribution in [1.82, 2.24) is 9.88 Å². The van der Waals surface area contributed by atoms with E-state index in [1.54, 1.807) is 4.90 Å². The molecule has 2 aliphatic rings. The number of rotatable bonds is 2. The summed E-state index contributed by atoms with van der Waals surface area (Å²) in [5.41, 5.74) is 1.87. The molecule has 27 heavy (non-hydrogen) atoms. The second kappa shape index (κ2) is 5.81. The molecule has 1 spiro atoms. The molecule has 3 aromatic rings. The number of amides is 2. The van der Waals surface area contributed by atoms with Crippen LogP contribution < -0.4 is 5.32 Å². The number of nitrogens with one attached hydrogen (secondary N) is 1. The number of oxazole rings is 1. The van der Waals surface area contributed by atoms with Crippen LogP contribution in [0.25, 0.3) is 0 Å². The lowest BCUT2D eigenvalue weighted by atomic mass is 9.72. The van der Waals surface area contributed by atoms with Crippen LogP contribution in [0.4, 0.5) is 5.69 Å². The van der Waals surface area contributed by atoms with Gasteiger partial charge in [0.15, 0.2) is 6.39 Å². The first-order valence-electron chi connectivity index (χ1n) is 8.87. The minimum Gasteiger partial charge on any atom is -0.438 e. The Hall–Kier alpha value is -3.41. The van der Waals surface area contributed by atoms with E-state index >= 15 is 0 Å². The highest BCUT2D eigenvalue weighted by atomic mass is 16.3. The third-order valence-corrected chi connectivity index (χ3v) is 5.61. The summed E-state index contributed by atoms with van der Waals surface area (Å²) in [6, 6.07) is 17.0. The van der Waals surface area contributed by atoms with Crippen molar-refractivity contribution in [3.8, 4) is 0 Å². The van der Waals surface area contributed by atoms with E-state index in [0.717, 1.165) is 16.8 Å². The van der Waals surface area contributed by atoms with Crippen LogP contribution in [-0.2, 0) is 10.2 Å². The molecule has 0 saturated carbocycles. The molecule has 2 aliphatic heterocycles. The lowest BCUT2D eigenvalue weighted by molar-refractivity contribution is -0.121. The molecule has 1 saturated heterocycles. The number of nitrogens with zero attached hydrogens (tertiary/aromatic N) is 2. The maximum absolute atomic E-state index is 13.2. The average molecular weight is 359 g/mol. The van der Waals surface area contributed by atoms with E-state index in [2.05, 4.69) is 10.3 Å². The number of anilines is 1. The number of hydrogen-bond donors (Lipinski definition) is 1. The van der Waals surface area contributed by atoms with Gasteiger partial charge in [0.2, 0.25) is 11.7 Å². The zero-order valence-corrected chi connectivity index (χ0v) is 14.5. The van der Waals surface area contributed by atoms with Crippen molar-refractivity contribution in [2.24, 2.45) is 0 Å². The third-order valence-electron chi connectivity index (χ3n) is 5.61. The smallest absolute Gasteiger partial charge is 0.291 e. The fourth-order valence-electron chi connectivity index (χ4n) is 4.47. The van der Waals surface area contributed by atoms with Gasteiger partial charge in [-0.25, -0.2) is 4.98 Å². The van der Waals surface area contributed by atoms with Gasteiger partial charge < -0.3 is 14.6 Å². The molecule has 2 atom stereocenters. The van der Waals surface area contributed by atoms with Crippen molar-refractivity contribution in [3.63, 3.8) is 0 Å². The number of likely N-dealkylation sites (tertiary alicyclic amines) is 1. The number of hydrogen-bond acceptors (Lipinski definition) is 4. The molecule has 1 aromatic heterocycles. The summed E-state index contributed by atoms with van der Waals surface area (Å²) in [6.07, 6.45) is 3.21. The summed E-state index contributed by atoms with van der Waals surface area (Å²) < 4.78 is 5.24. The molecule has 0 bridgehead atoms. The minimum atomic E-state index is -0.812. The number of carbonyl (C=O) groups excluding carboxylic acids is 2. The maximum atomic E-state index is 13.2. The maximum Gasteiger partial charge on any atom is 0.291 e. The number of fused-ring (bicyclic) bond motifs is 2. The molecule has 1 fully saturated rings. The van der Waals surface area contributed by atoms with Crippen molar-refractivity contribution < 1.29 is 14.0 Å². The minimum absolute atomic E-state index is 0.0644. The number of carbonyl (C=O) groups is 2. The highest BCUT2D eigenvalue weighted by Crippen LogP contribution is 2.54. The third kappa shape index (κ3) is 2.16. The molecular weight excluding hydrogens is 342 g/mol. The number of benzene rings is 2. The van der Waals surface area contributed by atoms with Gasteiger partial charge in [0, 0.05) is 12.2 Å². The highest BCUT2D eigenvalue weighted by Gasteiger charge is 2.59. The Labute approximate surface area is 155 Å². The van der Waals surface area contributed by atoms with Crippen molar-refractivity contribution in [2.45, 2.75) is 17.9 Å². The summed E-state index contributed by atoms with van der Waals surface area (Å²) in [7, 11) is 0. The average Bonchev–Trinajstić information content (AvgIpc) is 3.42. The van der Waals surface area contributed by atoms with Crippen LogP contribution in [0.2, 0.25) is 0 Å². The van der Waals surface area contributed by atoms with Crippen molar-refractivity contribution >= 4 is 17.5 Å². The van der Waals surface area contributed by atoms with Gasteiger partial charge in [0.05, 0.1) is 12.2 Å². The van der Waals surface area contributed by atoms with Crippen LogP contribution in [0.5, 0.6) is 0 Å². The highest BCUT2D eigenvalue weighted by molar-refractivity contribution is 6.08. The summed E-state index contributed by atoms with van der Waals surface area (Å²) in [5.74, 6) is -0.138. The lowest BCUT2D eigenvalue weighted by Crippen LogP contribution is -2.42. The van der Waals surface area contributed by atoms with Crippen LogP contribution in [-0.4, -0.2) is 28.2 Å². The monoisotopic (exact) mass is 359 g/mol. The molecule has 0 radical (unpaired) electrons. The van der Waals surface area contributed by atoms with Crippen LogP contribution >= 0.6 is 0 Å². The van der Waals surface area contributed by atoms with Crippen molar-refractivity contribution in [3.05, 3.63) is 84.1 Å². The first kappa shape index (κ1) is 15.8. The van der Waals surface area contributed by atoms with Gasteiger partial charge in [-0.1, -0.05) is 48.5 Å². The standard InChI is InChI=1S/C21H17N3O3/c25-19(17-12-22-13-27-17)24-11-10-21(18(24)14-6-2-1-3-7-14)15-8-4-5-9-16(15)23-20(21)26/h1-9,12-13,18H,10-11H2,(H,23,26)/t18-,21+/m0/s1. The Morgan fingerprint density at radius 1 is 1.15 bits per heavy atom. The number of aromatic nitrogens is 1. The molecule has 0 aliphatic carbocycles. The Morgan fingerprint density at radius 2 is 1.93 bits per heavy atom. The van der Waals surface area contributed by atoms with Gasteiger partial charge in [-0.05, 0) is 23.6 Å². The van der Waals surface area contributed by atoms with E-state index < -0.39 is 11.5 Å². The van der Waals surface area contributed by atoms with E-state index in [-0.39, 0.29) is 17.6 Å². The van der Waals surface area contributed by atoms with Gasteiger partial charge in [0.1, 0.15) is 5.41 Å². The van der Waals surface area contributed by atoms with Gasteiger partial charge in [0.25, 0.3) is 5.91 Å². The fraction of sp³-hybridized carbons (Fsp3) is 0.190. The quantitative estimate of drug-likeness (QED) is 0.763. The first-order valence-corrected chi connectivity index (χ1v) is 8.87. The van der Waals surface area contributed by atoms with Gasteiger partial charge in [-0.3, -0.25) is 9.59 Å². The molecular formula is C21H17N3O3. The van der Waals surface area contributed by atoms with Gasteiger partial charge in [-0.2, -0.15) is 0 Å². The second-order valence-corrected chi connectivity index (χ2v) is 6.90. The molecule has 2 aromatic carbocycles. The molecule has 6 nitrogen and oxygen atoms in total. The normalized spacial score (nSPS) is 23.5. The zero-order valence-electron chi connectivity index (χ0n) is 14.5. The Morgan fingerprint density at radius 3 is 2.70 bits per heavy atom. The van der Waals surface area contributed by atoms with E-state index in [0.29, 0.717) is 13.0 Å². The van der Waals surface area contributed by atoms with Crippen LogP contribution in [0.3, 0.4) is 0 Å². The summed E-state index contributed by atoms with van der Waals surface area (Å²) >= 11 is 0. The first-order chi connectivity index (χ1) is 13.2. The predicted molar refractivity (Wildman–Crippen MR) is 98.1 cm³/mol. The fourth-order valence-corrected chi connectivity index (χ4v) is 4.47. The summed E-state index contributed by atoms with van der Waals surface area (Å²) in [4.78, 5) is 31.9. The Balaban J connectivity index is 1.69. The van der Waals surface area contributed by atoms with Crippen molar-refractivity contribution in [1.29, 1.82) is 0 Å². The van der Waals surface area contributed by atoms with Crippen LogP contribution in [0, 0.1) is 0 Å². The summed E-state index contributed by atoms with van der Waals surface area (Å²) in [5, 5.41) is 3.01. The van der Waals surface area contributed by atoms with Gasteiger partial charge >= 0.3 is 0 Å². The van der Waals surface area contributed by atoms with Crippen LogP contribution in [0.15, 0.2) is 71.6 Å². The lowest BCUT2D eigenvalue weighted by Gasteiger charge is -2.34. The molecule has 134 valence electrons. The molecule has 1 N–H and O–H groups in total. The van der Waals surface area contributed by atoms with Crippen molar-refractivity contribution in [2.75, 3.05) is 11.9 Å². The molecule has 3 heterocycles. The van der Waals surface area contributed by atoms with Gasteiger partial charge in [-0.15, -0.1) is 0 Å². The number of para-hydroxylation sites is 1. The van der Waals surface area contributed by atoms with E-state index in [4.69, 9.17) is 4.42 Å². The SMILES string of the molecule is O=C(c1cnco1)N1CC[C@]2(C(=O)Nc3ccccc32)[C@@H]1c1ccccc1. The zero-order chi connectivity index (χ0) is 18.4. The molecule has 5 rings (SSSR count). The second-order valence-electron chi connectivity index (χ2n) is 6.90. The van der Waals surface area contributed by atoms with E-state index in [1.807, 2.05) is 54.6 Å². The van der Waals surface area contributed by atoms with E-state index in [1.165, 1.54) is 12.6 Å². The topological polar surface area (TPSA) is 75.4 Å². The van der Waals surface area contributed by atoms with Crippen LogP contribution in [0.1, 0.15) is 34.1 Å².